The molecule has 30 heavy (non-hydrogen) atoms. The van der Waals surface area contributed by atoms with Crippen molar-refractivity contribution in [3.05, 3.63) is 48.0 Å². The minimum Gasteiger partial charge on any atom is -0.475 e. The highest BCUT2D eigenvalue weighted by Crippen LogP contribution is 2.35. The second kappa shape index (κ2) is 8.96. The number of aliphatic carboxylic acids is 1. The van der Waals surface area contributed by atoms with Crippen LogP contribution in [0.1, 0.15) is 5.56 Å². The van der Waals surface area contributed by atoms with Crippen LogP contribution in [0.5, 0.6) is 0 Å². The van der Waals surface area contributed by atoms with E-state index in [1.54, 1.807) is 12.1 Å². The molecule has 0 saturated carbocycles. The number of carboxylic acid groups (broad SMARTS) is 1. The number of halogens is 6. The van der Waals surface area contributed by atoms with Gasteiger partial charge in [0.05, 0.1) is 17.3 Å². The van der Waals surface area contributed by atoms with E-state index in [9.17, 15) is 31.1 Å². The van der Waals surface area contributed by atoms with Crippen LogP contribution < -0.4 is 11.1 Å². The van der Waals surface area contributed by atoms with Crippen molar-refractivity contribution in [1.82, 2.24) is 0 Å². The number of nitrogens with two attached hydrogens (primary N) is 1. The molecule has 0 radical (unpaired) electrons. The fourth-order valence-electron chi connectivity index (χ4n) is 2.26. The molecule has 1 aliphatic rings. The Balaban J connectivity index is 0.000000396. The predicted octanol–water partition coefficient (Wildman–Crippen LogP) is 4.38. The summed E-state index contributed by atoms with van der Waals surface area (Å²) >= 11 is 1.45. The lowest BCUT2D eigenvalue weighted by Crippen LogP contribution is -2.36. The fourth-order valence-corrected chi connectivity index (χ4v) is 3.25. The molecular weight excluding hydrogens is 438 g/mol. The lowest BCUT2D eigenvalue weighted by Gasteiger charge is -2.10. The Morgan fingerprint density at radius 1 is 1.03 bits per heavy atom. The molecule has 162 valence electrons. The van der Waals surface area contributed by atoms with Crippen LogP contribution in [0, 0.1) is 0 Å². The molecule has 0 unspecified atom stereocenters. The summed E-state index contributed by atoms with van der Waals surface area (Å²) in [7, 11) is 0. The molecule has 0 aromatic heterocycles. The maximum Gasteiger partial charge on any atom is 0.490 e. The van der Waals surface area contributed by atoms with E-state index in [1.165, 1.54) is 23.9 Å². The monoisotopic (exact) mass is 452 g/mol. The van der Waals surface area contributed by atoms with E-state index in [0.29, 0.717) is 17.0 Å². The summed E-state index contributed by atoms with van der Waals surface area (Å²) in [5.74, 6) is -2.54. The summed E-state index contributed by atoms with van der Waals surface area (Å²) in [5, 5.41) is 9.87. The van der Waals surface area contributed by atoms with Gasteiger partial charge in [0.1, 0.15) is 0 Å². The minimum atomic E-state index is -5.08. The molecular formula is C18H14F6N2O3S. The average Bonchev–Trinajstić information content (AvgIpc) is 2.79. The number of fused-ring (bicyclic) bond motifs is 1. The zero-order chi connectivity index (χ0) is 22.7. The molecule has 1 amide bonds. The van der Waals surface area contributed by atoms with Crippen LogP contribution in [0.2, 0.25) is 0 Å². The molecule has 12 heteroatoms. The zero-order valence-electron chi connectivity index (χ0n) is 14.8. The fraction of sp³-hybridized carbons (Fsp3) is 0.222. The summed E-state index contributed by atoms with van der Waals surface area (Å²) < 4.78 is 69.6. The summed E-state index contributed by atoms with van der Waals surface area (Å²) in [6.07, 6.45) is -9.43. The molecule has 1 atom stereocenters. The highest BCUT2D eigenvalue weighted by Gasteiger charge is 2.38. The van der Waals surface area contributed by atoms with Gasteiger partial charge in [0.15, 0.2) is 0 Å². The molecule has 1 aliphatic heterocycles. The maximum atomic E-state index is 12.6. The lowest BCUT2D eigenvalue weighted by atomic mass is 10.0. The molecule has 3 rings (SSSR count). The molecule has 2 aromatic rings. The normalized spacial score (nSPS) is 16.5. The van der Waals surface area contributed by atoms with E-state index in [1.807, 2.05) is 6.07 Å². The van der Waals surface area contributed by atoms with Gasteiger partial charge in [0.25, 0.3) is 0 Å². The van der Waals surface area contributed by atoms with E-state index >= 15 is 0 Å². The number of thioether (sulfide) groups is 1. The number of anilines is 1. The van der Waals surface area contributed by atoms with Gasteiger partial charge in [0.2, 0.25) is 5.91 Å². The molecule has 0 fully saturated rings. The molecule has 0 saturated heterocycles. The standard InChI is InChI=1S/C16H13F3N2OS.C2HF3O2/c17-16(18,19)11-4-1-9(2-5-11)10-3-6-13-14(7-10)23-8-12(20)15(22)21-13;3-2(4,5)1(6)7/h1-7,12H,8,20H2,(H,21,22);(H,6,7)/t12-;/m0./s1. The molecule has 2 aromatic carbocycles. The highest BCUT2D eigenvalue weighted by molar-refractivity contribution is 7.99. The van der Waals surface area contributed by atoms with Gasteiger partial charge >= 0.3 is 18.3 Å². The molecule has 4 N–H and O–H groups in total. The van der Waals surface area contributed by atoms with Gasteiger partial charge in [-0.3, -0.25) is 4.79 Å². The van der Waals surface area contributed by atoms with Crippen molar-refractivity contribution in [3.8, 4) is 11.1 Å². The number of rotatable bonds is 1. The Kier molecular flexibility index (Phi) is 7.03. The number of carboxylic acids is 1. The first-order valence-electron chi connectivity index (χ1n) is 8.10. The highest BCUT2D eigenvalue weighted by atomic mass is 32.2. The third kappa shape index (κ3) is 6.13. The molecule has 0 aliphatic carbocycles. The van der Waals surface area contributed by atoms with E-state index in [4.69, 9.17) is 15.6 Å². The van der Waals surface area contributed by atoms with E-state index in [-0.39, 0.29) is 5.91 Å². The first-order valence-corrected chi connectivity index (χ1v) is 9.08. The Morgan fingerprint density at radius 3 is 2.07 bits per heavy atom. The number of nitrogens with one attached hydrogen (secondary N) is 1. The number of carbonyl (C=O) groups excluding carboxylic acids is 1. The van der Waals surface area contributed by atoms with Gasteiger partial charge in [-0.2, -0.15) is 26.3 Å². The molecule has 0 spiro atoms. The Morgan fingerprint density at radius 2 is 1.57 bits per heavy atom. The van der Waals surface area contributed by atoms with Gasteiger partial charge in [-0.1, -0.05) is 18.2 Å². The van der Waals surface area contributed by atoms with Crippen LogP contribution in [-0.2, 0) is 15.8 Å². The smallest absolute Gasteiger partial charge is 0.475 e. The second-order valence-corrected chi connectivity index (χ2v) is 7.06. The van der Waals surface area contributed by atoms with Crippen LogP contribution in [0.4, 0.5) is 32.0 Å². The first-order chi connectivity index (χ1) is 13.8. The SMILES string of the molecule is N[C@H]1CSc2cc(-c3ccc(C(F)(F)F)cc3)ccc2NC1=O.O=C(O)C(F)(F)F. The van der Waals surface area contributed by atoms with Crippen LogP contribution >= 0.6 is 11.8 Å². The Bertz CT molecular complexity index is 929. The van der Waals surface area contributed by atoms with Gasteiger partial charge in [0, 0.05) is 10.6 Å². The van der Waals surface area contributed by atoms with Gasteiger partial charge in [-0.25, -0.2) is 4.79 Å². The van der Waals surface area contributed by atoms with Gasteiger partial charge in [-0.15, -0.1) is 11.8 Å². The van der Waals surface area contributed by atoms with Crippen molar-refractivity contribution >= 4 is 29.3 Å². The summed E-state index contributed by atoms with van der Waals surface area (Å²) in [4.78, 5) is 21.5. The summed E-state index contributed by atoms with van der Waals surface area (Å²) in [5.41, 5.74) is 7.19. The summed E-state index contributed by atoms with van der Waals surface area (Å²) in [6.45, 7) is 0. The van der Waals surface area contributed by atoms with Gasteiger partial charge < -0.3 is 16.2 Å². The van der Waals surface area contributed by atoms with Crippen molar-refractivity contribution in [2.45, 2.75) is 23.3 Å². The Hall–Kier alpha value is -2.73. The van der Waals surface area contributed by atoms with Crippen molar-refractivity contribution in [3.63, 3.8) is 0 Å². The van der Waals surface area contributed by atoms with Crippen LogP contribution in [0.25, 0.3) is 11.1 Å². The Labute approximate surface area is 170 Å². The van der Waals surface area contributed by atoms with Crippen molar-refractivity contribution in [2.75, 3.05) is 11.1 Å². The quantitative estimate of drug-likeness (QED) is 0.559. The van der Waals surface area contributed by atoms with E-state index in [2.05, 4.69) is 5.32 Å². The van der Waals surface area contributed by atoms with Crippen molar-refractivity contribution in [2.24, 2.45) is 5.73 Å². The van der Waals surface area contributed by atoms with Crippen molar-refractivity contribution in [1.29, 1.82) is 0 Å². The van der Waals surface area contributed by atoms with Crippen LogP contribution in [0.15, 0.2) is 47.4 Å². The largest absolute Gasteiger partial charge is 0.490 e. The lowest BCUT2D eigenvalue weighted by molar-refractivity contribution is -0.192. The summed E-state index contributed by atoms with van der Waals surface area (Å²) in [6, 6.07) is 9.78. The third-order valence-electron chi connectivity index (χ3n) is 3.78. The second-order valence-electron chi connectivity index (χ2n) is 6.00. The number of hydrogen-bond donors (Lipinski definition) is 3. The van der Waals surface area contributed by atoms with E-state index < -0.39 is 29.9 Å². The minimum absolute atomic E-state index is 0.237. The zero-order valence-corrected chi connectivity index (χ0v) is 15.7. The molecule has 0 bridgehead atoms. The van der Waals surface area contributed by atoms with E-state index in [0.717, 1.165) is 22.6 Å². The number of alkyl halides is 6. The predicted molar refractivity (Wildman–Crippen MR) is 97.9 cm³/mol. The molecule has 1 heterocycles. The number of carbonyl (C=O) groups is 2. The first kappa shape index (κ1) is 23.5. The van der Waals surface area contributed by atoms with Crippen LogP contribution in [-0.4, -0.2) is 35.0 Å². The maximum absolute atomic E-state index is 12.6. The number of amides is 1. The average molecular weight is 452 g/mol. The number of hydrogen-bond acceptors (Lipinski definition) is 4. The third-order valence-corrected chi connectivity index (χ3v) is 4.96. The van der Waals surface area contributed by atoms with Crippen LogP contribution in [0.3, 0.4) is 0 Å². The van der Waals surface area contributed by atoms with Gasteiger partial charge in [-0.05, 0) is 35.4 Å². The number of benzene rings is 2. The van der Waals surface area contributed by atoms with Crippen molar-refractivity contribution < 1.29 is 41.0 Å². The topological polar surface area (TPSA) is 92.4 Å². The molecule has 5 nitrogen and oxygen atoms in total.